The van der Waals surface area contributed by atoms with Gasteiger partial charge in [-0.3, -0.25) is 4.79 Å². The van der Waals surface area contributed by atoms with Crippen LogP contribution in [-0.4, -0.2) is 24.0 Å². The molecule has 3 heteroatoms. The highest BCUT2D eigenvalue weighted by Crippen LogP contribution is 2.41. The van der Waals surface area contributed by atoms with Crippen LogP contribution in [0, 0.1) is 0 Å². The number of thioether (sulfide) groups is 1. The van der Waals surface area contributed by atoms with Crippen molar-refractivity contribution in [2.45, 2.75) is 24.0 Å². The van der Waals surface area contributed by atoms with Gasteiger partial charge in [0.05, 0.1) is 0 Å². The van der Waals surface area contributed by atoms with Crippen LogP contribution in [-0.2, 0) is 4.79 Å². The average Bonchev–Trinajstić information content (AvgIpc) is 1.87. The second kappa shape index (κ2) is 3.28. The fourth-order valence-corrected chi connectivity index (χ4v) is 2.18. The van der Waals surface area contributed by atoms with Crippen LogP contribution >= 0.6 is 11.8 Å². The van der Waals surface area contributed by atoms with E-state index in [2.05, 4.69) is 11.6 Å². The Morgan fingerprint density at radius 1 is 1.70 bits per heavy atom. The van der Waals surface area contributed by atoms with Crippen molar-refractivity contribution in [3.8, 4) is 0 Å². The Balaban J connectivity index is 2.26. The van der Waals surface area contributed by atoms with Gasteiger partial charge in [0.2, 0.25) is 6.41 Å². The summed E-state index contributed by atoms with van der Waals surface area (Å²) in [6, 6.07) is 0. The smallest absolute Gasteiger partial charge is 0.207 e. The van der Waals surface area contributed by atoms with Crippen molar-refractivity contribution in [2.24, 2.45) is 0 Å². The summed E-state index contributed by atoms with van der Waals surface area (Å²) in [5.41, 5.74) is 0. The molecule has 1 aliphatic rings. The Morgan fingerprint density at radius 2 is 2.40 bits per heavy atom. The first-order valence-electron chi connectivity index (χ1n) is 3.55. The monoisotopic (exact) mass is 159 g/mol. The third-order valence-electron chi connectivity index (χ3n) is 2.21. The van der Waals surface area contributed by atoms with Gasteiger partial charge in [0.15, 0.2) is 0 Å². The predicted octanol–water partition coefficient (Wildman–Crippen LogP) is 1.02. The first-order chi connectivity index (χ1) is 4.83. The van der Waals surface area contributed by atoms with Gasteiger partial charge in [0, 0.05) is 11.3 Å². The maximum atomic E-state index is 9.99. The van der Waals surface area contributed by atoms with Crippen molar-refractivity contribution in [2.75, 3.05) is 12.8 Å². The summed E-state index contributed by atoms with van der Waals surface area (Å²) in [4.78, 5) is 9.99. The molecule has 58 valence electrons. The van der Waals surface area contributed by atoms with Gasteiger partial charge in [0.1, 0.15) is 0 Å². The minimum atomic E-state index is 0.390. The molecular weight excluding hydrogens is 146 g/mol. The number of carbonyl (C=O) groups excluding carboxylic acids is 1. The lowest BCUT2D eigenvalue weighted by Gasteiger charge is -2.39. The van der Waals surface area contributed by atoms with E-state index in [1.165, 1.54) is 19.3 Å². The SMILES string of the molecule is CSC1(CNC=O)CCC1. The van der Waals surface area contributed by atoms with E-state index in [1.54, 1.807) is 0 Å². The lowest BCUT2D eigenvalue weighted by Crippen LogP contribution is -2.42. The molecule has 0 atom stereocenters. The molecule has 0 aromatic carbocycles. The van der Waals surface area contributed by atoms with E-state index in [0.717, 1.165) is 13.0 Å². The van der Waals surface area contributed by atoms with E-state index in [-0.39, 0.29) is 0 Å². The summed E-state index contributed by atoms with van der Waals surface area (Å²) in [7, 11) is 0. The Bertz CT molecular complexity index is 117. The molecule has 1 saturated carbocycles. The van der Waals surface area contributed by atoms with Crippen LogP contribution in [0.2, 0.25) is 0 Å². The molecule has 0 aromatic heterocycles. The van der Waals surface area contributed by atoms with Crippen molar-refractivity contribution >= 4 is 18.2 Å². The molecular formula is C7H13NOS. The number of rotatable bonds is 4. The number of carbonyl (C=O) groups is 1. The van der Waals surface area contributed by atoms with Crippen LogP contribution in [0.15, 0.2) is 0 Å². The molecule has 0 unspecified atom stereocenters. The van der Waals surface area contributed by atoms with Gasteiger partial charge in [-0.15, -0.1) is 0 Å². The van der Waals surface area contributed by atoms with Crippen molar-refractivity contribution in [3.05, 3.63) is 0 Å². The van der Waals surface area contributed by atoms with Gasteiger partial charge in [-0.25, -0.2) is 0 Å². The van der Waals surface area contributed by atoms with Gasteiger partial charge < -0.3 is 5.32 Å². The zero-order valence-electron chi connectivity index (χ0n) is 6.22. The summed E-state index contributed by atoms with van der Waals surface area (Å²) < 4.78 is 0.390. The van der Waals surface area contributed by atoms with E-state index in [1.807, 2.05) is 11.8 Å². The second-order valence-electron chi connectivity index (χ2n) is 2.74. The van der Waals surface area contributed by atoms with E-state index < -0.39 is 0 Å². The van der Waals surface area contributed by atoms with Crippen molar-refractivity contribution in [1.29, 1.82) is 0 Å². The summed E-state index contributed by atoms with van der Waals surface area (Å²) in [5.74, 6) is 0. The third-order valence-corrected chi connectivity index (χ3v) is 3.62. The molecule has 0 bridgehead atoms. The standard InChI is InChI=1S/C7H13NOS/c1-10-7(3-2-4-7)5-8-6-9/h6H,2-5H2,1H3,(H,8,9). The maximum Gasteiger partial charge on any atom is 0.207 e. The van der Waals surface area contributed by atoms with Crippen LogP contribution in [0.5, 0.6) is 0 Å². The molecule has 0 spiro atoms. The highest BCUT2D eigenvalue weighted by molar-refractivity contribution is 8.00. The molecule has 0 radical (unpaired) electrons. The molecule has 0 aliphatic heterocycles. The fraction of sp³-hybridized carbons (Fsp3) is 0.857. The molecule has 0 heterocycles. The second-order valence-corrected chi connectivity index (χ2v) is 4.01. The average molecular weight is 159 g/mol. The molecule has 0 aromatic rings. The maximum absolute atomic E-state index is 9.99. The molecule has 1 amide bonds. The molecule has 0 saturated heterocycles. The van der Waals surface area contributed by atoms with Gasteiger partial charge in [-0.05, 0) is 19.1 Å². The highest BCUT2D eigenvalue weighted by atomic mass is 32.2. The quantitative estimate of drug-likeness (QED) is 0.620. The zero-order chi connectivity index (χ0) is 7.45. The minimum Gasteiger partial charge on any atom is -0.357 e. The van der Waals surface area contributed by atoms with Crippen LogP contribution in [0.4, 0.5) is 0 Å². The van der Waals surface area contributed by atoms with Crippen molar-refractivity contribution in [1.82, 2.24) is 5.32 Å². The highest BCUT2D eigenvalue weighted by Gasteiger charge is 2.35. The first kappa shape index (κ1) is 7.92. The van der Waals surface area contributed by atoms with Gasteiger partial charge in [-0.1, -0.05) is 6.42 Å². The van der Waals surface area contributed by atoms with Crippen LogP contribution in [0.3, 0.4) is 0 Å². The van der Waals surface area contributed by atoms with E-state index >= 15 is 0 Å². The molecule has 10 heavy (non-hydrogen) atoms. The number of nitrogens with one attached hydrogen (secondary N) is 1. The summed E-state index contributed by atoms with van der Waals surface area (Å²) in [5, 5.41) is 2.74. The van der Waals surface area contributed by atoms with Gasteiger partial charge in [-0.2, -0.15) is 11.8 Å². The van der Waals surface area contributed by atoms with Gasteiger partial charge in [0.25, 0.3) is 0 Å². The Hall–Kier alpha value is -0.180. The fourth-order valence-electron chi connectivity index (χ4n) is 1.25. The normalized spacial score (nSPS) is 21.3. The summed E-state index contributed by atoms with van der Waals surface area (Å²) in [6.07, 6.45) is 6.74. The number of hydrogen-bond donors (Lipinski definition) is 1. The van der Waals surface area contributed by atoms with Crippen LogP contribution < -0.4 is 5.32 Å². The first-order valence-corrected chi connectivity index (χ1v) is 4.78. The summed E-state index contributed by atoms with van der Waals surface area (Å²) >= 11 is 1.88. The summed E-state index contributed by atoms with van der Waals surface area (Å²) in [6.45, 7) is 0.845. The molecule has 1 rings (SSSR count). The predicted molar refractivity (Wildman–Crippen MR) is 44.2 cm³/mol. The Labute approximate surface area is 65.8 Å². The largest absolute Gasteiger partial charge is 0.357 e. The van der Waals surface area contributed by atoms with Crippen molar-refractivity contribution < 1.29 is 4.79 Å². The van der Waals surface area contributed by atoms with Crippen LogP contribution in [0.25, 0.3) is 0 Å². The number of hydrogen-bond acceptors (Lipinski definition) is 2. The molecule has 1 fully saturated rings. The van der Waals surface area contributed by atoms with E-state index in [9.17, 15) is 4.79 Å². The third kappa shape index (κ3) is 1.45. The lowest BCUT2D eigenvalue weighted by atomic mass is 9.84. The topological polar surface area (TPSA) is 29.1 Å². The van der Waals surface area contributed by atoms with Crippen molar-refractivity contribution in [3.63, 3.8) is 0 Å². The van der Waals surface area contributed by atoms with Gasteiger partial charge >= 0.3 is 0 Å². The minimum absolute atomic E-state index is 0.390. The Morgan fingerprint density at radius 3 is 2.70 bits per heavy atom. The molecule has 2 nitrogen and oxygen atoms in total. The lowest BCUT2D eigenvalue weighted by molar-refractivity contribution is -0.109. The zero-order valence-corrected chi connectivity index (χ0v) is 7.04. The molecule has 1 aliphatic carbocycles. The number of amides is 1. The molecule has 1 N–H and O–H groups in total. The Kier molecular flexibility index (Phi) is 2.60. The van der Waals surface area contributed by atoms with E-state index in [4.69, 9.17) is 0 Å². The van der Waals surface area contributed by atoms with E-state index in [0.29, 0.717) is 4.75 Å². The van der Waals surface area contributed by atoms with Crippen LogP contribution in [0.1, 0.15) is 19.3 Å².